The van der Waals surface area contributed by atoms with Crippen molar-refractivity contribution in [1.29, 1.82) is 0 Å². The first-order chi connectivity index (χ1) is 15.6. The van der Waals surface area contributed by atoms with Gasteiger partial charge in [-0.1, -0.05) is 0 Å². The Morgan fingerprint density at radius 1 is 0.970 bits per heavy atom. The second-order valence-corrected chi connectivity index (χ2v) is 9.32. The lowest BCUT2D eigenvalue weighted by Gasteiger charge is -2.44. The predicted octanol–water partition coefficient (Wildman–Crippen LogP) is 5.20. The minimum absolute atomic E-state index is 0.129. The molecule has 0 aliphatic carbocycles. The summed E-state index contributed by atoms with van der Waals surface area (Å²) in [7, 11) is 0. The van der Waals surface area contributed by atoms with Gasteiger partial charge in [0.15, 0.2) is 0 Å². The number of amides is 3. The van der Waals surface area contributed by atoms with Crippen LogP contribution in [0, 0.1) is 11.6 Å². The zero-order chi connectivity index (χ0) is 23.8. The molecule has 1 N–H and O–H groups in total. The lowest BCUT2D eigenvalue weighted by molar-refractivity contribution is -0.137. The molecule has 11 heteroatoms. The van der Waals surface area contributed by atoms with Crippen LogP contribution < -0.4 is 5.32 Å². The van der Waals surface area contributed by atoms with Gasteiger partial charge in [-0.3, -0.25) is 4.79 Å². The second kappa shape index (κ2) is 8.85. The fraction of sp³-hybridized carbons (Fsp3) is 0.364. The van der Waals surface area contributed by atoms with Gasteiger partial charge in [-0.15, -0.1) is 11.8 Å². The highest BCUT2D eigenvalue weighted by Gasteiger charge is 2.47. The summed E-state index contributed by atoms with van der Waals surface area (Å²) in [6, 6.07) is 6.49. The second-order valence-electron chi connectivity index (χ2n) is 7.87. The third kappa shape index (κ3) is 4.78. The van der Waals surface area contributed by atoms with Gasteiger partial charge in [0.25, 0.3) is 5.91 Å². The zero-order valence-electron chi connectivity index (χ0n) is 17.3. The molecule has 2 aliphatic rings. The standard InChI is InChI=1S/C22H20F5N3O2S/c23-16-5-6-18(17(24)13-16)28-20(32)29-9-7-21(8-10-29)30(11-12-33-21)19(31)14-1-3-15(4-2-14)22(25,26)27/h1-6,13H,7-12H2,(H,28,32). The molecule has 3 amide bonds. The maximum atomic E-state index is 13.8. The molecule has 2 saturated heterocycles. The minimum Gasteiger partial charge on any atom is -0.324 e. The fourth-order valence-electron chi connectivity index (χ4n) is 4.11. The molecule has 2 aromatic rings. The molecule has 2 aliphatic heterocycles. The van der Waals surface area contributed by atoms with E-state index >= 15 is 0 Å². The number of nitrogens with one attached hydrogen (secondary N) is 1. The number of anilines is 1. The maximum Gasteiger partial charge on any atom is 0.416 e. The molecule has 0 aromatic heterocycles. The van der Waals surface area contributed by atoms with E-state index in [1.807, 2.05) is 0 Å². The summed E-state index contributed by atoms with van der Waals surface area (Å²) in [5, 5.41) is 2.43. The highest BCUT2D eigenvalue weighted by molar-refractivity contribution is 8.00. The Kier molecular flexibility index (Phi) is 6.26. The van der Waals surface area contributed by atoms with E-state index in [-0.39, 0.29) is 17.2 Å². The van der Waals surface area contributed by atoms with Crippen molar-refractivity contribution in [2.45, 2.75) is 23.9 Å². The van der Waals surface area contributed by atoms with Crippen molar-refractivity contribution in [2.75, 3.05) is 30.7 Å². The lowest BCUT2D eigenvalue weighted by atomic mass is 10.0. The van der Waals surface area contributed by atoms with Crippen molar-refractivity contribution in [2.24, 2.45) is 0 Å². The smallest absolute Gasteiger partial charge is 0.324 e. The van der Waals surface area contributed by atoms with E-state index in [1.54, 1.807) is 16.7 Å². The summed E-state index contributed by atoms with van der Waals surface area (Å²) in [6.45, 7) is 1.06. The van der Waals surface area contributed by atoms with Gasteiger partial charge >= 0.3 is 12.2 Å². The van der Waals surface area contributed by atoms with E-state index in [4.69, 9.17) is 0 Å². The van der Waals surface area contributed by atoms with E-state index in [0.717, 1.165) is 24.3 Å². The first-order valence-electron chi connectivity index (χ1n) is 10.2. The Balaban J connectivity index is 1.41. The van der Waals surface area contributed by atoms with Crippen LogP contribution >= 0.6 is 11.8 Å². The number of hydrogen-bond acceptors (Lipinski definition) is 3. The lowest BCUT2D eigenvalue weighted by Crippen LogP contribution is -2.54. The van der Waals surface area contributed by atoms with Crippen LogP contribution in [-0.4, -0.2) is 52.0 Å². The molecule has 2 heterocycles. The van der Waals surface area contributed by atoms with E-state index in [2.05, 4.69) is 5.32 Å². The van der Waals surface area contributed by atoms with Crippen molar-refractivity contribution < 1.29 is 31.5 Å². The van der Waals surface area contributed by atoms with E-state index in [0.29, 0.717) is 44.3 Å². The Morgan fingerprint density at radius 3 is 2.24 bits per heavy atom. The number of carbonyl (C=O) groups excluding carboxylic acids is 2. The third-order valence-corrected chi connectivity index (χ3v) is 7.44. The molecule has 176 valence electrons. The predicted molar refractivity (Wildman–Crippen MR) is 114 cm³/mol. The number of rotatable bonds is 2. The van der Waals surface area contributed by atoms with Crippen molar-refractivity contribution in [3.63, 3.8) is 0 Å². The van der Waals surface area contributed by atoms with E-state index in [1.165, 1.54) is 17.0 Å². The largest absolute Gasteiger partial charge is 0.416 e. The SMILES string of the molecule is O=C(Nc1ccc(F)cc1F)N1CCC2(CC1)SCCN2C(=O)c1ccc(C(F)(F)F)cc1. The topological polar surface area (TPSA) is 52.7 Å². The summed E-state index contributed by atoms with van der Waals surface area (Å²) in [6.07, 6.45) is -3.55. The average molecular weight is 485 g/mol. The molecule has 0 atom stereocenters. The number of likely N-dealkylation sites (tertiary alicyclic amines) is 1. The number of benzene rings is 2. The summed E-state index contributed by atoms with van der Waals surface area (Å²) in [4.78, 5) is 28.2. The van der Waals surface area contributed by atoms with Crippen LogP contribution in [0.1, 0.15) is 28.8 Å². The summed E-state index contributed by atoms with van der Waals surface area (Å²) in [5.41, 5.74) is -0.769. The first kappa shape index (κ1) is 23.3. The Bertz CT molecular complexity index is 1050. The molecule has 5 nitrogen and oxygen atoms in total. The van der Waals surface area contributed by atoms with Crippen molar-refractivity contribution >= 4 is 29.4 Å². The van der Waals surface area contributed by atoms with Crippen molar-refractivity contribution in [3.05, 3.63) is 65.2 Å². The first-order valence-corrected chi connectivity index (χ1v) is 11.2. The molecule has 33 heavy (non-hydrogen) atoms. The van der Waals surface area contributed by atoms with Crippen LogP contribution in [0.5, 0.6) is 0 Å². The summed E-state index contributed by atoms with van der Waals surface area (Å²) < 4.78 is 65.3. The van der Waals surface area contributed by atoms with Crippen molar-refractivity contribution in [1.82, 2.24) is 9.80 Å². The van der Waals surface area contributed by atoms with Crippen LogP contribution in [-0.2, 0) is 6.18 Å². The van der Waals surface area contributed by atoms with E-state index < -0.39 is 34.3 Å². The van der Waals surface area contributed by atoms with Crippen LogP contribution in [0.3, 0.4) is 0 Å². The summed E-state index contributed by atoms with van der Waals surface area (Å²) >= 11 is 1.59. The number of urea groups is 1. The van der Waals surface area contributed by atoms with Gasteiger partial charge in [0, 0.05) is 37.0 Å². The molecule has 0 bridgehead atoms. The van der Waals surface area contributed by atoms with Gasteiger partial charge < -0.3 is 15.1 Å². The number of nitrogens with zero attached hydrogens (tertiary/aromatic N) is 2. The number of carbonyl (C=O) groups is 2. The number of piperidine rings is 1. The van der Waals surface area contributed by atoms with Crippen LogP contribution in [0.15, 0.2) is 42.5 Å². The molecule has 2 fully saturated rings. The molecule has 4 rings (SSSR count). The quantitative estimate of drug-likeness (QED) is 0.596. The maximum absolute atomic E-state index is 13.8. The molecule has 0 unspecified atom stereocenters. The highest BCUT2D eigenvalue weighted by Crippen LogP contribution is 2.44. The fourth-order valence-corrected chi connectivity index (χ4v) is 5.57. The van der Waals surface area contributed by atoms with Crippen molar-refractivity contribution in [3.8, 4) is 0 Å². The number of hydrogen-bond donors (Lipinski definition) is 1. The van der Waals surface area contributed by atoms with E-state index in [9.17, 15) is 31.5 Å². The van der Waals surface area contributed by atoms with Gasteiger partial charge in [0.1, 0.15) is 11.6 Å². The van der Waals surface area contributed by atoms with Crippen LogP contribution in [0.2, 0.25) is 0 Å². The molecule has 0 radical (unpaired) electrons. The summed E-state index contributed by atoms with van der Waals surface area (Å²) in [5.74, 6) is -1.29. The molecule has 2 aromatic carbocycles. The minimum atomic E-state index is -4.48. The van der Waals surface area contributed by atoms with Crippen LogP contribution in [0.4, 0.5) is 32.4 Å². The Labute approximate surface area is 190 Å². The number of halogens is 5. The number of alkyl halides is 3. The van der Waals surface area contributed by atoms with Gasteiger partial charge in [-0.05, 0) is 49.2 Å². The molecular formula is C22H20F5N3O2S. The van der Waals surface area contributed by atoms with Crippen LogP contribution in [0.25, 0.3) is 0 Å². The third-order valence-electron chi connectivity index (χ3n) is 5.89. The molecule has 0 saturated carbocycles. The Hall–Kier alpha value is -2.82. The average Bonchev–Trinajstić information content (AvgIpc) is 3.18. The highest BCUT2D eigenvalue weighted by atomic mass is 32.2. The van der Waals surface area contributed by atoms with Gasteiger partial charge in [-0.2, -0.15) is 13.2 Å². The van der Waals surface area contributed by atoms with Gasteiger partial charge in [0.2, 0.25) is 0 Å². The van der Waals surface area contributed by atoms with Gasteiger partial charge in [-0.25, -0.2) is 13.6 Å². The number of thioether (sulfide) groups is 1. The monoisotopic (exact) mass is 485 g/mol. The normalized spacial score (nSPS) is 18.0. The van der Waals surface area contributed by atoms with Gasteiger partial charge in [0.05, 0.1) is 16.1 Å². The molecular weight excluding hydrogens is 465 g/mol. The molecule has 1 spiro atoms. The Morgan fingerprint density at radius 2 is 1.64 bits per heavy atom. The zero-order valence-corrected chi connectivity index (χ0v) is 18.1.